The van der Waals surface area contributed by atoms with Gasteiger partial charge in [0, 0.05) is 36.3 Å². The number of fused-ring (bicyclic) bond motifs is 1. The molecule has 218 valence electrons. The minimum atomic E-state index is -0.602. The monoisotopic (exact) mass is 567 g/mol. The third kappa shape index (κ3) is 5.60. The Labute approximate surface area is 244 Å². The number of carbonyl (C=O) groups excluding carboxylic acids is 1. The lowest BCUT2D eigenvalue weighted by molar-refractivity contribution is -0.129. The van der Waals surface area contributed by atoms with Gasteiger partial charge in [0.25, 0.3) is 5.56 Å². The molecule has 1 N–H and O–H groups in total. The molecule has 2 atom stereocenters. The van der Waals surface area contributed by atoms with Crippen LogP contribution in [0.5, 0.6) is 0 Å². The maximum atomic E-state index is 13.9. The maximum Gasteiger partial charge on any atom is 0.439 e. The fourth-order valence-corrected chi connectivity index (χ4v) is 6.67. The lowest BCUT2D eigenvalue weighted by Crippen LogP contribution is -2.35. The number of aromatic nitrogens is 4. The number of aryl methyl sites for hydroxylation is 2. The first-order chi connectivity index (χ1) is 20.4. The van der Waals surface area contributed by atoms with Crippen LogP contribution in [-0.2, 0) is 24.2 Å². The fourth-order valence-electron chi connectivity index (χ4n) is 6.67. The van der Waals surface area contributed by atoms with E-state index < -0.39 is 5.76 Å². The first kappa shape index (κ1) is 27.9. The van der Waals surface area contributed by atoms with Crippen molar-refractivity contribution in [3.8, 4) is 22.5 Å². The van der Waals surface area contributed by atoms with Crippen molar-refractivity contribution >= 4 is 5.91 Å². The van der Waals surface area contributed by atoms with E-state index in [1.54, 1.807) is 4.57 Å². The maximum absolute atomic E-state index is 13.9. The number of rotatable bonds is 8. The largest absolute Gasteiger partial charge is 0.439 e. The number of aromatic amines is 1. The summed E-state index contributed by atoms with van der Waals surface area (Å²) < 4.78 is 6.45. The summed E-state index contributed by atoms with van der Waals surface area (Å²) in [6.07, 6.45) is 6.57. The van der Waals surface area contributed by atoms with Crippen LogP contribution in [0.15, 0.2) is 62.6 Å². The zero-order valence-electron chi connectivity index (χ0n) is 24.3. The number of carbonyl (C=O) groups is 1. The zero-order valence-corrected chi connectivity index (χ0v) is 24.3. The fraction of sp³-hybridized carbons (Fsp3) is 0.424. The summed E-state index contributed by atoms with van der Waals surface area (Å²) in [5, 5.41) is 3.85. The number of amides is 1. The highest BCUT2D eigenvalue weighted by Gasteiger charge is 2.36. The summed E-state index contributed by atoms with van der Waals surface area (Å²) in [7, 11) is 0. The number of H-pyrrole nitrogens is 1. The van der Waals surface area contributed by atoms with Crippen LogP contribution in [-0.4, -0.2) is 43.6 Å². The molecule has 2 aromatic carbocycles. The van der Waals surface area contributed by atoms with Crippen LogP contribution in [0.3, 0.4) is 0 Å². The highest BCUT2D eigenvalue weighted by atomic mass is 16.5. The quantitative estimate of drug-likeness (QED) is 0.329. The van der Waals surface area contributed by atoms with Gasteiger partial charge in [-0.05, 0) is 54.7 Å². The Morgan fingerprint density at radius 1 is 1.00 bits per heavy atom. The Kier molecular flexibility index (Phi) is 7.91. The second-order valence-corrected chi connectivity index (χ2v) is 11.7. The predicted octanol–water partition coefficient (Wildman–Crippen LogP) is 4.75. The Morgan fingerprint density at radius 2 is 1.69 bits per heavy atom. The minimum Gasteiger partial charge on any atom is -0.342 e. The molecular formula is C33H37N5O4. The van der Waals surface area contributed by atoms with Crippen molar-refractivity contribution in [3.63, 3.8) is 0 Å². The van der Waals surface area contributed by atoms with Crippen LogP contribution < -0.4 is 11.3 Å². The van der Waals surface area contributed by atoms with Crippen molar-refractivity contribution in [2.24, 2.45) is 11.8 Å². The summed E-state index contributed by atoms with van der Waals surface area (Å²) >= 11 is 0. The Balaban J connectivity index is 1.25. The highest BCUT2D eigenvalue weighted by molar-refractivity contribution is 5.80. The molecule has 3 heterocycles. The van der Waals surface area contributed by atoms with E-state index in [0.29, 0.717) is 41.9 Å². The number of nitrogens with one attached hydrogen (secondary N) is 1. The van der Waals surface area contributed by atoms with E-state index in [1.807, 2.05) is 60.4 Å². The average Bonchev–Trinajstić information content (AvgIpc) is 3.64. The molecule has 2 aliphatic rings. The summed E-state index contributed by atoms with van der Waals surface area (Å²) in [5.74, 6) is 1.77. The van der Waals surface area contributed by atoms with Crippen molar-refractivity contribution in [3.05, 3.63) is 92.1 Å². The van der Waals surface area contributed by atoms with Gasteiger partial charge in [-0.25, -0.2) is 9.78 Å². The van der Waals surface area contributed by atoms with Crippen molar-refractivity contribution in [2.45, 2.75) is 65.3 Å². The molecular weight excluding hydrogens is 530 g/mol. The zero-order chi connectivity index (χ0) is 29.2. The third-order valence-corrected chi connectivity index (χ3v) is 8.91. The van der Waals surface area contributed by atoms with Crippen molar-refractivity contribution in [2.75, 3.05) is 13.1 Å². The molecule has 1 amide bonds. The molecule has 0 bridgehead atoms. The predicted molar refractivity (Wildman–Crippen MR) is 160 cm³/mol. The molecule has 1 aliphatic carbocycles. The molecule has 4 aromatic rings. The number of nitrogens with zero attached hydrogens (tertiary/aromatic N) is 4. The number of benzene rings is 2. The SMILES string of the molecule is CCCc1nc(C)c(CC(=O)N2CC3CCCCC3C2)c(=O)n1Cc1ccc(-c2ccccc2-c2noc(=O)[nH]2)cc1. The van der Waals surface area contributed by atoms with E-state index in [1.165, 1.54) is 25.7 Å². The van der Waals surface area contributed by atoms with Crippen LogP contribution in [0.4, 0.5) is 0 Å². The normalized spacial score (nSPS) is 18.3. The molecule has 2 aromatic heterocycles. The molecule has 0 radical (unpaired) electrons. The summed E-state index contributed by atoms with van der Waals surface area (Å²) in [4.78, 5) is 48.2. The molecule has 1 saturated heterocycles. The van der Waals surface area contributed by atoms with Gasteiger partial charge in [0.1, 0.15) is 5.82 Å². The standard InChI is InChI=1S/C33H37N5O4/c1-3-8-29-34-21(2)28(17-30(39)37-19-24-9-4-5-10-25(24)20-37)32(40)38(29)18-22-13-15-23(16-14-22)26-11-6-7-12-27(26)31-35-33(41)42-36-31/h6-7,11-16,24-25H,3-5,8-10,17-20H2,1-2H3,(H,35,36,41). The lowest BCUT2D eigenvalue weighted by Gasteiger charge is -2.22. The Morgan fingerprint density at radius 3 is 2.33 bits per heavy atom. The molecule has 0 spiro atoms. The second-order valence-electron chi connectivity index (χ2n) is 11.7. The van der Waals surface area contributed by atoms with Crippen LogP contribution in [0.2, 0.25) is 0 Å². The van der Waals surface area contributed by atoms with Crippen LogP contribution in [0.25, 0.3) is 22.5 Å². The molecule has 2 fully saturated rings. The van der Waals surface area contributed by atoms with Gasteiger partial charge in [-0.2, -0.15) is 0 Å². The van der Waals surface area contributed by atoms with Gasteiger partial charge in [0.2, 0.25) is 5.91 Å². The van der Waals surface area contributed by atoms with E-state index in [0.717, 1.165) is 47.6 Å². The third-order valence-electron chi connectivity index (χ3n) is 8.91. The number of hydrogen-bond acceptors (Lipinski definition) is 6. The van der Waals surface area contributed by atoms with Gasteiger partial charge in [-0.3, -0.25) is 23.7 Å². The van der Waals surface area contributed by atoms with Gasteiger partial charge in [0.05, 0.1) is 13.0 Å². The van der Waals surface area contributed by atoms with Gasteiger partial charge in [0.15, 0.2) is 5.82 Å². The first-order valence-electron chi connectivity index (χ1n) is 15.0. The average molecular weight is 568 g/mol. The van der Waals surface area contributed by atoms with E-state index in [9.17, 15) is 14.4 Å². The number of hydrogen-bond donors (Lipinski definition) is 1. The highest BCUT2D eigenvalue weighted by Crippen LogP contribution is 2.36. The van der Waals surface area contributed by atoms with Gasteiger partial charge >= 0.3 is 5.76 Å². The minimum absolute atomic E-state index is 0.0395. The molecule has 42 heavy (non-hydrogen) atoms. The molecule has 1 saturated carbocycles. The van der Waals surface area contributed by atoms with Crippen molar-refractivity contribution in [1.82, 2.24) is 24.6 Å². The first-order valence-corrected chi connectivity index (χ1v) is 15.0. The van der Waals surface area contributed by atoms with Crippen molar-refractivity contribution in [1.29, 1.82) is 0 Å². The van der Waals surface area contributed by atoms with E-state index in [2.05, 4.69) is 17.1 Å². The van der Waals surface area contributed by atoms with Gasteiger partial charge < -0.3 is 4.90 Å². The van der Waals surface area contributed by atoms with E-state index >= 15 is 0 Å². The van der Waals surface area contributed by atoms with Crippen LogP contribution in [0, 0.1) is 18.8 Å². The van der Waals surface area contributed by atoms with Gasteiger partial charge in [-0.15, -0.1) is 0 Å². The smallest absolute Gasteiger partial charge is 0.342 e. The van der Waals surface area contributed by atoms with E-state index in [-0.39, 0.29) is 17.9 Å². The van der Waals surface area contributed by atoms with Crippen molar-refractivity contribution < 1.29 is 9.32 Å². The lowest BCUT2D eigenvalue weighted by atomic mass is 9.82. The van der Waals surface area contributed by atoms with E-state index in [4.69, 9.17) is 9.51 Å². The van der Waals surface area contributed by atoms with Crippen LogP contribution >= 0.6 is 0 Å². The van der Waals surface area contributed by atoms with Gasteiger partial charge in [-0.1, -0.05) is 73.5 Å². The molecule has 6 rings (SSSR count). The molecule has 2 unspecified atom stereocenters. The molecule has 1 aliphatic heterocycles. The second kappa shape index (κ2) is 11.9. The topological polar surface area (TPSA) is 114 Å². The molecule has 9 nitrogen and oxygen atoms in total. The summed E-state index contributed by atoms with van der Waals surface area (Å²) in [6.45, 7) is 5.94. The number of likely N-dealkylation sites (tertiary alicyclic amines) is 1. The molecule has 9 heteroatoms. The summed E-state index contributed by atoms with van der Waals surface area (Å²) in [6, 6.07) is 15.6. The Hall–Kier alpha value is -4.27. The van der Waals surface area contributed by atoms with Crippen LogP contribution in [0.1, 0.15) is 61.7 Å². The Bertz CT molecular complexity index is 1690. The summed E-state index contributed by atoms with van der Waals surface area (Å²) in [5.41, 5.74) is 4.59.